The minimum absolute atomic E-state index is 0.167. The number of nitrogens with one attached hydrogen (secondary N) is 1. The highest BCUT2D eigenvalue weighted by Crippen LogP contribution is 2.38. The molecule has 2 heterocycles. The maximum Gasteiger partial charge on any atom is 0.336 e. The molecule has 4 rings (SSSR count). The first-order chi connectivity index (χ1) is 16.3. The summed E-state index contributed by atoms with van der Waals surface area (Å²) < 4.78 is 17.0. The lowest BCUT2D eigenvalue weighted by Crippen LogP contribution is -2.54. The number of anilines is 1. The first-order valence-corrected chi connectivity index (χ1v) is 11.6. The van der Waals surface area contributed by atoms with Crippen molar-refractivity contribution >= 4 is 57.3 Å². The average Bonchev–Trinajstić information content (AvgIpc) is 3.16. The molecule has 0 bridgehead atoms. The summed E-state index contributed by atoms with van der Waals surface area (Å²) in [6, 6.07) is 13.3. The monoisotopic (exact) mass is 542 g/mol. The fraction of sp³-hybridized carbons (Fsp3) is 0.125. The first-order valence-electron chi connectivity index (χ1n) is 9.98. The molecule has 0 saturated carbocycles. The van der Waals surface area contributed by atoms with Crippen LogP contribution in [0, 0.1) is 6.92 Å². The molecule has 1 aromatic heterocycles. The number of hydrogen-bond donors (Lipinski definition) is 1. The van der Waals surface area contributed by atoms with E-state index in [1.54, 1.807) is 12.1 Å². The van der Waals surface area contributed by atoms with Crippen molar-refractivity contribution in [1.82, 2.24) is 5.32 Å². The summed E-state index contributed by atoms with van der Waals surface area (Å²) in [5, 5.41) is 2.75. The number of furan rings is 1. The van der Waals surface area contributed by atoms with Gasteiger partial charge in [-0.05, 0) is 59.3 Å². The van der Waals surface area contributed by atoms with Gasteiger partial charge in [0.15, 0.2) is 5.09 Å². The smallest absolute Gasteiger partial charge is 0.336 e. The van der Waals surface area contributed by atoms with Crippen molar-refractivity contribution in [3.05, 3.63) is 69.9 Å². The van der Waals surface area contributed by atoms with Crippen LogP contribution in [0.15, 0.2) is 73.0 Å². The third-order valence-electron chi connectivity index (χ3n) is 4.92. The van der Waals surface area contributed by atoms with E-state index in [4.69, 9.17) is 13.9 Å². The fourth-order valence-electron chi connectivity index (χ4n) is 3.21. The Hall–Kier alpha value is -3.50. The van der Waals surface area contributed by atoms with Gasteiger partial charge in [-0.3, -0.25) is 14.9 Å². The molecule has 174 valence electrons. The second-order valence-corrected chi connectivity index (χ2v) is 9.10. The molecule has 0 atom stereocenters. The van der Waals surface area contributed by atoms with Gasteiger partial charge in [0.2, 0.25) is 0 Å². The number of carbonyl (C=O) groups is 3. The summed E-state index contributed by atoms with van der Waals surface area (Å²) in [5.74, 6) is -0.641. The number of amides is 4. The van der Waals surface area contributed by atoms with Gasteiger partial charge in [0.1, 0.15) is 22.8 Å². The molecule has 10 heteroatoms. The standard InChI is InChI=1S/C24H19BrN2O6S/c1-13-4-7-16(8-5-13)34-23-18(25)11-15(33-23)10-17-21(28)26-24(30)27(22(17)29)19-9-6-14(31-2)12-20(19)32-3/h4-12H,1-3H3,(H,26,28,30)/b17-10+. The lowest BCUT2D eigenvalue weighted by Gasteiger charge is -2.27. The summed E-state index contributed by atoms with van der Waals surface area (Å²) in [5.41, 5.74) is 1.05. The maximum absolute atomic E-state index is 13.2. The van der Waals surface area contributed by atoms with Gasteiger partial charge in [0.25, 0.3) is 11.8 Å². The van der Waals surface area contributed by atoms with Crippen molar-refractivity contribution in [1.29, 1.82) is 0 Å². The van der Waals surface area contributed by atoms with Gasteiger partial charge in [0.05, 0.1) is 24.4 Å². The van der Waals surface area contributed by atoms with Gasteiger partial charge >= 0.3 is 6.03 Å². The van der Waals surface area contributed by atoms with E-state index in [0.29, 0.717) is 15.3 Å². The Morgan fingerprint density at radius 1 is 1.03 bits per heavy atom. The van der Waals surface area contributed by atoms with Crippen molar-refractivity contribution < 1.29 is 28.3 Å². The minimum Gasteiger partial charge on any atom is -0.497 e. The maximum atomic E-state index is 13.2. The van der Waals surface area contributed by atoms with Crippen LogP contribution in [-0.2, 0) is 9.59 Å². The van der Waals surface area contributed by atoms with Crippen LogP contribution in [0.5, 0.6) is 11.5 Å². The predicted molar refractivity (Wildman–Crippen MR) is 130 cm³/mol. The number of methoxy groups -OCH3 is 2. The number of carbonyl (C=O) groups excluding carboxylic acids is 3. The lowest BCUT2D eigenvalue weighted by molar-refractivity contribution is -0.122. The number of hydrogen-bond acceptors (Lipinski definition) is 7. The van der Waals surface area contributed by atoms with E-state index >= 15 is 0 Å². The number of ether oxygens (including phenoxy) is 2. The lowest BCUT2D eigenvalue weighted by atomic mass is 10.1. The number of halogens is 1. The van der Waals surface area contributed by atoms with E-state index in [1.807, 2.05) is 31.2 Å². The molecule has 1 fully saturated rings. The van der Waals surface area contributed by atoms with E-state index in [1.165, 1.54) is 44.2 Å². The average molecular weight is 543 g/mol. The van der Waals surface area contributed by atoms with E-state index in [2.05, 4.69) is 21.2 Å². The Balaban J connectivity index is 1.66. The summed E-state index contributed by atoms with van der Waals surface area (Å²) in [6.07, 6.45) is 1.30. The molecule has 0 spiro atoms. The van der Waals surface area contributed by atoms with Crippen LogP contribution in [-0.4, -0.2) is 32.1 Å². The highest BCUT2D eigenvalue weighted by molar-refractivity contribution is 9.10. The topological polar surface area (TPSA) is 98.1 Å². The molecular formula is C24H19BrN2O6S. The SMILES string of the molecule is COc1ccc(N2C(=O)NC(=O)/C(=C\c3cc(Br)c(Sc4ccc(C)cc4)o3)C2=O)c(OC)c1. The van der Waals surface area contributed by atoms with E-state index in [0.717, 1.165) is 15.4 Å². The Bertz CT molecular complexity index is 1320. The summed E-state index contributed by atoms with van der Waals surface area (Å²) in [7, 11) is 2.89. The Morgan fingerprint density at radius 2 is 1.76 bits per heavy atom. The van der Waals surface area contributed by atoms with Crippen molar-refractivity contribution in [3.63, 3.8) is 0 Å². The molecule has 0 unspecified atom stereocenters. The number of aryl methyl sites for hydroxylation is 1. The van der Waals surface area contributed by atoms with E-state index in [-0.39, 0.29) is 22.8 Å². The number of urea groups is 1. The highest BCUT2D eigenvalue weighted by Gasteiger charge is 2.38. The van der Waals surface area contributed by atoms with Crippen LogP contribution in [0.3, 0.4) is 0 Å². The largest absolute Gasteiger partial charge is 0.497 e. The van der Waals surface area contributed by atoms with Gasteiger partial charge in [-0.1, -0.05) is 29.5 Å². The summed E-state index contributed by atoms with van der Waals surface area (Å²) in [6.45, 7) is 2.00. The van der Waals surface area contributed by atoms with Crippen LogP contribution < -0.4 is 19.7 Å². The molecule has 3 aromatic rings. The van der Waals surface area contributed by atoms with Crippen LogP contribution in [0.4, 0.5) is 10.5 Å². The third kappa shape index (κ3) is 4.73. The molecular weight excluding hydrogens is 524 g/mol. The van der Waals surface area contributed by atoms with Gasteiger partial charge in [-0.2, -0.15) is 0 Å². The molecule has 0 radical (unpaired) electrons. The van der Waals surface area contributed by atoms with Gasteiger partial charge in [-0.25, -0.2) is 9.69 Å². The number of barbiturate groups is 1. The van der Waals surface area contributed by atoms with Crippen molar-refractivity contribution in [3.8, 4) is 11.5 Å². The van der Waals surface area contributed by atoms with Crippen LogP contribution in [0.2, 0.25) is 0 Å². The number of rotatable bonds is 6. The zero-order chi connectivity index (χ0) is 24.4. The number of benzene rings is 2. The van der Waals surface area contributed by atoms with Crippen molar-refractivity contribution in [2.45, 2.75) is 16.9 Å². The highest BCUT2D eigenvalue weighted by atomic mass is 79.9. The number of nitrogens with zero attached hydrogens (tertiary/aromatic N) is 1. The summed E-state index contributed by atoms with van der Waals surface area (Å²) >= 11 is 4.84. The molecule has 34 heavy (non-hydrogen) atoms. The molecule has 1 aliphatic heterocycles. The van der Waals surface area contributed by atoms with Crippen LogP contribution in [0.25, 0.3) is 6.08 Å². The van der Waals surface area contributed by atoms with Gasteiger partial charge in [0, 0.05) is 11.0 Å². The Labute approximate surface area is 208 Å². The summed E-state index contributed by atoms with van der Waals surface area (Å²) in [4.78, 5) is 40.1. The zero-order valence-electron chi connectivity index (χ0n) is 18.4. The molecule has 8 nitrogen and oxygen atoms in total. The van der Waals surface area contributed by atoms with Crippen LogP contribution in [0.1, 0.15) is 11.3 Å². The molecule has 1 saturated heterocycles. The second kappa shape index (κ2) is 9.78. The van der Waals surface area contributed by atoms with Gasteiger partial charge in [-0.15, -0.1) is 0 Å². The quantitative estimate of drug-likeness (QED) is 0.338. The first kappa shape index (κ1) is 23.7. The van der Waals surface area contributed by atoms with E-state index < -0.39 is 17.8 Å². The fourth-order valence-corrected chi connectivity index (χ4v) is 4.54. The van der Waals surface area contributed by atoms with Gasteiger partial charge < -0.3 is 13.9 Å². The van der Waals surface area contributed by atoms with Crippen LogP contribution >= 0.6 is 27.7 Å². The number of imide groups is 2. The second-order valence-electron chi connectivity index (χ2n) is 7.19. The predicted octanol–water partition coefficient (Wildman–Crippen LogP) is 5.19. The third-order valence-corrected chi connectivity index (χ3v) is 6.77. The normalized spacial score (nSPS) is 15.0. The minimum atomic E-state index is -0.883. The molecule has 4 amide bonds. The molecule has 1 aliphatic rings. The van der Waals surface area contributed by atoms with Crippen molar-refractivity contribution in [2.24, 2.45) is 0 Å². The molecule has 0 aliphatic carbocycles. The Kier molecular flexibility index (Phi) is 6.80. The molecule has 1 N–H and O–H groups in total. The zero-order valence-corrected chi connectivity index (χ0v) is 20.8. The van der Waals surface area contributed by atoms with E-state index in [9.17, 15) is 14.4 Å². The van der Waals surface area contributed by atoms with Crippen molar-refractivity contribution in [2.75, 3.05) is 19.1 Å². The molecule has 2 aromatic carbocycles. The Morgan fingerprint density at radius 3 is 2.44 bits per heavy atom.